The summed E-state index contributed by atoms with van der Waals surface area (Å²) in [7, 11) is -0.405. The van der Waals surface area contributed by atoms with Crippen LogP contribution < -0.4 is 5.46 Å². The van der Waals surface area contributed by atoms with Crippen LogP contribution in [0.25, 0.3) is 10.8 Å². The first-order valence-electron chi connectivity index (χ1n) is 11.1. The van der Waals surface area contributed by atoms with E-state index in [1.807, 2.05) is 33.2 Å². The molecule has 1 aromatic heterocycles. The highest BCUT2D eigenvalue weighted by molar-refractivity contribution is 6.62. The molecule has 1 aromatic carbocycles. The Bertz CT molecular complexity index is 983. The van der Waals surface area contributed by atoms with Crippen LogP contribution in [0.5, 0.6) is 0 Å². The lowest BCUT2D eigenvalue weighted by molar-refractivity contribution is 0.00578. The van der Waals surface area contributed by atoms with E-state index in [4.69, 9.17) is 14.0 Å². The maximum atomic E-state index is 12.5. The molecule has 166 valence electrons. The van der Waals surface area contributed by atoms with Crippen molar-refractivity contribution in [3.05, 3.63) is 36.2 Å². The summed E-state index contributed by atoms with van der Waals surface area (Å²) in [5.74, 6) is 0.220. The van der Waals surface area contributed by atoms with Crippen LogP contribution in [0.1, 0.15) is 66.4 Å². The highest BCUT2D eigenvalue weighted by Gasteiger charge is 2.51. The molecule has 0 aliphatic carbocycles. The molecule has 2 fully saturated rings. The molecule has 1 unspecified atom stereocenters. The summed E-state index contributed by atoms with van der Waals surface area (Å²) in [6, 6.07) is 6.29. The van der Waals surface area contributed by atoms with Gasteiger partial charge in [-0.15, -0.1) is 0 Å². The molecule has 0 N–H and O–H groups in total. The van der Waals surface area contributed by atoms with E-state index in [0.29, 0.717) is 13.1 Å². The van der Waals surface area contributed by atoms with E-state index >= 15 is 0 Å². The highest BCUT2D eigenvalue weighted by atomic mass is 16.7. The number of benzene rings is 1. The van der Waals surface area contributed by atoms with Crippen molar-refractivity contribution in [2.45, 2.75) is 77.6 Å². The fourth-order valence-electron chi connectivity index (χ4n) is 4.16. The van der Waals surface area contributed by atoms with Crippen molar-refractivity contribution in [1.29, 1.82) is 0 Å². The van der Waals surface area contributed by atoms with E-state index in [-0.39, 0.29) is 23.2 Å². The Balaban J connectivity index is 1.60. The molecule has 3 heterocycles. The quantitative estimate of drug-likeness (QED) is 0.675. The van der Waals surface area contributed by atoms with Gasteiger partial charge in [-0.25, -0.2) is 4.79 Å². The second kappa shape index (κ2) is 7.49. The zero-order chi connectivity index (χ0) is 22.6. The molecule has 2 aliphatic heterocycles. The van der Waals surface area contributed by atoms with Crippen LogP contribution in [0, 0.1) is 0 Å². The van der Waals surface area contributed by atoms with E-state index in [2.05, 4.69) is 50.9 Å². The highest BCUT2D eigenvalue weighted by Crippen LogP contribution is 2.37. The van der Waals surface area contributed by atoms with Crippen molar-refractivity contribution in [1.82, 2.24) is 9.88 Å². The van der Waals surface area contributed by atoms with Crippen molar-refractivity contribution >= 4 is 29.4 Å². The smallest absolute Gasteiger partial charge is 0.444 e. The Morgan fingerprint density at radius 2 is 1.84 bits per heavy atom. The third-order valence-corrected chi connectivity index (χ3v) is 6.62. The summed E-state index contributed by atoms with van der Waals surface area (Å²) in [4.78, 5) is 18.8. The molecule has 2 aliphatic rings. The first-order valence-corrected chi connectivity index (χ1v) is 11.1. The van der Waals surface area contributed by atoms with Crippen LogP contribution in [0.2, 0.25) is 0 Å². The number of hydrogen-bond donors (Lipinski definition) is 0. The zero-order valence-electron chi connectivity index (χ0n) is 19.7. The minimum atomic E-state index is -0.492. The maximum absolute atomic E-state index is 12.5. The predicted octanol–water partition coefficient (Wildman–Crippen LogP) is 4.26. The number of nitrogens with zero attached hydrogens (tertiary/aromatic N) is 2. The molecule has 1 amide bonds. The lowest BCUT2D eigenvalue weighted by atomic mass is 9.77. The van der Waals surface area contributed by atoms with Crippen LogP contribution in [0.3, 0.4) is 0 Å². The van der Waals surface area contributed by atoms with Crippen molar-refractivity contribution in [3.8, 4) is 0 Å². The van der Waals surface area contributed by atoms with Crippen LogP contribution in [0.15, 0.2) is 30.6 Å². The molecule has 0 saturated carbocycles. The van der Waals surface area contributed by atoms with Crippen molar-refractivity contribution in [2.24, 2.45) is 0 Å². The van der Waals surface area contributed by atoms with E-state index in [9.17, 15) is 4.79 Å². The second-order valence-electron chi connectivity index (χ2n) is 10.7. The predicted molar refractivity (Wildman–Crippen MR) is 123 cm³/mol. The number of hydrogen-bond acceptors (Lipinski definition) is 5. The Morgan fingerprint density at radius 3 is 2.48 bits per heavy atom. The summed E-state index contributed by atoms with van der Waals surface area (Å²) in [5, 5.41) is 2.21. The molecular weight excluding hydrogens is 391 g/mol. The SMILES string of the molecule is CC(C)(C)OC(=O)N1CCC(c2cncc3ccc(B4OC(C)(C)C(C)(C)O4)cc23)C1. The fraction of sp³-hybridized carbons (Fsp3) is 0.583. The van der Waals surface area contributed by atoms with Gasteiger partial charge in [0.2, 0.25) is 0 Å². The topological polar surface area (TPSA) is 60.9 Å². The molecule has 2 aromatic rings. The second-order valence-corrected chi connectivity index (χ2v) is 10.7. The monoisotopic (exact) mass is 424 g/mol. The lowest BCUT2D eigenvalue weighted by Gasteiger charge is -2.32. The Kier molecular flexibility index (Phi) is 5.34. The standard InChI is InChI=1S/C24H33BN2O4/c1-22(2,3)29-21(28)27-11-10-17(15-27)20-14-26-13-16-8-9-18(12-19(16)20)25-30-23(4,5)24(6,7)31-25/h8-9,12-14,17H,10-11,15H2,1-7H3. The van der Waals surface area contributed by atoms with Gasteiger partial charge in [-0.3, -0.25) is 4.98 Å². The molecule has 4 rings (SSSR count). The summed E-state index contributed by atoms with van der Waals surface area (Å²) in [5.41, 5.74) is 0.899. The zero-order valence-corrected chi connectivity index (χ0v) is 19.7. The maximum Gasteiger partial charge on any atom is 0.494 e. The normalized spacial score (nSPS) is 22.9. The van der Waals surface area contributed by atoms with Gasteiger partial charge in [0.05, 0.1) is 11.2 Å². The molecule has 7 heteroatoms. The largest absolute Gasteiger partial charge is 0.494 e. The number of likely N-dealkylation sites (tertiary alicyclic amines) is 1. The van der Waals surface area contributed by atoms with Gasteiger partial charge in [-0.05, 0) is 71.3 Å². The number of ether oxygens (including phenoxy) is 1. The molecule has 0 spiro atoms. The Labute approximate surface area is 185 Å². The minimum absolute atomic E-state index is 0.220. The van der Waals surface area contributed by atoms with Crippen LogP contribution >= 0.6 is 0 Å². The third-order valence-electron chi connectivity index (χ3n) is 6.62. The molecule has 6 nitrogen and oxygen atoms in total. The van der Waals surface area contributed by atoms with Crippen molar-refractivity contribution in [2.75, 3.05) is 13.1 Å². The van der Waals surface area contributed by atoms with Gasteiger partial charge in [0.25, 0.3) is 0 Å². The van der Waals surface area contributed by atoms with E-state index in [1.54, 1.807) is 4.90 Å². The van der Waals surface area contributed by atoms with Crippen LogP contribution in [-0.2, 0) is 14.0 Å². The van der Waals surface area contributed by atoms with Gasteiger partial charge in [0, 0.05) is 36.8 Å². The van der Waals surface area contributed by atoms with Gasteiger partial charge < -0.3 is 18.9 Å². The summed E-state index contributed by atoms with van der Waals surface area (Å²) >= 11 is 0. The van der Waals surface area contributed by atoms with Gasteiger partial charge in [0.15, 0.2) is 0 Å². The number of amides is 1. The van der Waals surface area contributed by atoms with Gasteiger partial charge >= 0.3 is 13.2 Å². The molecule has 31 heavy (non-hydrogen) atoms. The van der Waals surface area contributed by atoms with Crippen LogP contribution in [0.4, 0.5) is 4.79 Å². The van der Waals surface area contributed by atoms with E-state index in [1.165, 1.54) is 0 Å². The average Bonchev–Trinajstić information content (AvgIpc) is 3.22. The fourth-order valence-corrected chi connectivity index (χ4v) is 4.16. The molecule has 0 bridgehead atoms. The van der Waals surface area contributed by atoms with Gasteiger partial charge in [-0.1, -0.05) is 18.2 Å². The number of carbonyl (C=O) groups excluding carboxylic acids is 1. The lowest BCUT2D eigenvalue weighted by Crippen LogP contribution is -2.41. The molecule has 2 saturated heterocycles. The Morgan fingerprint density at radius 1 is 1.16 bits per heavy atom. The minimum Gasteiger partial charge on any atom is -0.444 e. The Hall–Kier alpha value is -2.12. The number of fused-ring (bicyclic) bond motifs is 1. The number of pyridine rings is 1. The van der Waals surface area contributed by atoms with E-state index in [0.717, 1.165) is 28.2 Å². The van der Waals surface area contributed by atoms with Gasteiger partial charge in [0.1, 0.15) is 5.60 Å². The third kappa shape index (κ3) is 4.30. The first-order chi connectivity index (χ1) is 14.4. The number of carbonyl (C=O) groups is 1. The summed E-state index contributed by atoms with van der Waals surface area (Å²) in [6.07, 6.45) is 4.45. The molecular formula is C24H33BN2O4. The average molecular weight is 424 g/mol. The van der Waals surface area contributed by atoms with Crippen molar-refractivity contribution < 1.29 is 18.8 Å². The van der Waals surface area contributed by atoms with E-state index < -0.39 is 12.7 Å². The molecule has 1 atom stereocenters. The van der Waals surface area contributed by atoms with Crippen LogP contribution in [-0.4, -0.2) is 53.0 Å². The van der Waals surface area contributed by atoms with Crippen molar-refractivity contribution in [3.63, 3.8) is 0 Å². The number of aromatic nitrogens is 1. The molecule has 0 radical (unpaired) electrons. The number of rotatable bonds is 2. The summed E-state index contributed by atoms with van der Waals surface area (Å²) in [6.45, 7) is 15.3. The summed E-state index contributed by atoms with van der Waals surface area (Å²) < 4.78 is 18.1. The van der Waals surface area contributed by atoms with Gasteiger partial charge in [-0.2, -0.15) is 0 Å². The first kappa shape index (κ1) is 22.1.